The Morgan fingerprint density at radius 3 is 2.44 bits per heavy atom. The molecule has 0 unspecified atom stereocenters. The number of aryl methyl sites for hydroxylation is 1. The molecule has 1 aromatic carbocycles. The summed E-state index contributed by atoms with van der Waals surface area (Å²) in [6.45, 7) is 1.87. The zero-order valence-corrected chi connectivity index (χ0v) is 10.4. The van der Waals surface area contributed by atoms with Crippen LogP contribution in [0.25, 0.3) is 0 Å². The number of hydrogen-bond donors (Lipinski definition) is 2. The summed E-state index contributed by atoms with van der Waals surface area (Å²) in [5, 5.41) is 0. The van der Waals surface area contributed by atoms with Crippen molar-refractivity contribution in [3.05, 3.63) is 52.6 Å². The lowest BCUT2D eigenvalue weighted by Crippen LogP contribution is -2.18. The highest BCUT2D eigenvalue weighted by Crippen LogP contribution is 2.13. The van der Waals surface area contributed by atoms with Gasteiger partial charge in [-0.2, -0.15) is 0 Å². The Kier molecular flexibility index (Phi) is 3.15. The third-order valence-corrected chi connectivity index (χ3v) is 3.63. The number of anilines is 1. The maximum absolute atomic E-state index is 12.0. The SMILES string of the molecule is Cc1ccc(S(=O)(=O)Nc2ccnc(=O)[nH]2)cc1. The van der Waals surface area contributed by atoms with E-state index < -0.39 is 15.7 Å². The van der Waals surface area contributed by atoms with Crippen LogP contribution in [0.3, 0.4) is 0 Å². The van der Waals surface area contributed by atoms with E-state index in [-0.39, 0.29) is 10.7 Å². The van der Waals surface area contributed by atoms with Crippen molar-refractivity contribution in [2.24, 2.45) is 0 Å². The largest absolute Gasteiger partial charge is 0.346 e. The Bertz CT molecular complexity index is 705. The van der Waals surface area contributed by atoms with Crippen molar-refractivity contribution in [3.8, 4) is 0 Å². The minimum Gasteiger partial charge on any atom is -0.291 e. The van der Waals surface area contributed by atoms with Crippen LogP contribution < -0.4 is 10.4 Å². The summed E-state index contributed by atoms with van der Waals surface area (Å²) in [5.41, 5.74) is 0.352. The van der Waals surface area contributed by atoms with Crippen LogP contribution >= 0.6 is 0 Å². The summed E-state index contributed by atoms with van der Waals surface area (Å²) in [6, 6.07) is 7.76. The molecule has 0 saturated heterocycles. The second-order valence-corrected chi connectivity index (χ2v) is 5.39. The van der Waals surface area contributed by atoms with Crippen LogP contribution in [0.1, 0.15) is 5.56 Å². The van der Waals surface area contributed by atoms with Gasteiger partial charge in [-0.15, -0.1) is 0 Å². The van der Waals surface area contributed by atoms with E-state index in [2.05, 4.69) is 14.7 Å². The van der Waals surface area contributed by atoms with Gasteiger partial charge in [0.05, 0.1) is 4.90 Å². The fourth-order valence-corrected chi connectivity index (χ4v) is 2.37. The molecule has 1 aromatic heterocycles. The van der Waals surface area contributed by atoms with Gasteiger partial charge in [0.1, 0.15) is 5.82 Å². The van der Waals surface area contributed by atoms with Gasteiger partial charge in [0.2, 0.25) is 0 Å². The molecular weight excluding hydrogens is 254 g/mol. The van der Waals surface area contributed by atoms with Gasteiger partial charge < -0.3 is 0 Å². The van der Waals surface area contributed by atoms with Gasteiger partial charge in [0.15, 0.2) is 0 Å². The molecule has 18 heavy (non-hydrogen) atoms. The van der Waals surface area contributed by atoms with Crippen LogP contribution in [-0.2, 0) is 10.0 Å². The average Bonchev–Trinajstić information content (AvgIpc) is 2.29. The molecule has 0 aliphatic rings. The van der Waals surface area contributed by atoms with E-state index in [0.29, 0.717) is 0 Å². The molecule has 0 fully saturated rings. The smallest absolute Gasteiger partial charge is 0.291 e. The molecule has 7 heteroatoms. The van der Waals surface area contributed by atoms with Crippen molar-refractivity contribution in [1.29, 1.82) is 0 Å². The summed E-state index contributed by atoms with van der Waals surface area (Å²) < 4.78 is 26.2. The molecule has 2 aromatic rings. The van der Waals surface area contributed by atoms with Gasteiger partial charge in [-0.3, -0.25) is 9.71 Å². The molecule has 1 heterocycles. The van der Waals surface area contributed by atoms with Crippen LogP contribution in [0, 0.1) is 6.92 Å². The van der Waals surface area contributed by atoms with E-state index in [4.69, 9.17) is 0 Å². The fraction of sp³-hybridized carbons (Fsp3) is 0.0909. The Morgan fingerprint density at radius 2 is 1.83 bits per heavy atom. The molecule has 2 rings (SSSR count). The Morgan fingerprint density at radius 1 is 1.17 bits per heavy atom. The highest BCUT2D eigenvalue weighted by Gasteiger charge is 2.13. The lowest BCUT2D eigenvalue weighted by molar-refractivity contribution is 0.601. The average molecular weight is 265 g/mol. The topological polar surface area (TPSA) is 91.9 Å². The molecule has 0 bridgehead atoms. The number of H-pyrrole nitrogens is 1. The van der Waals surface area contributed by atoms with Gasteiger partial charge in [-0.05, 0) is 25.1 Å². The summed E-state index contributed by atoms with van der Waals surface area (Å²) in [6.07, 6.45) is 1.23. The third kappa shape index (κ3) is 2.75. The highest BCUT2D eigenvalue weighted by atomic mass is 32.2. The van der Waals surface area contributed by atoms with Gasteiger partial charge in [-0.1, -0.05) is 17.7 Å². The van der Waals surface area contributed by atoms with Crippen molar-refractivity contribution in [2.45, 2.75) is 11.8 Å². The molecular formula is C11H11N3O3S. The van der Waals surface area contributed by atoms with Crippen LogP contribution in [0.5, 0.6) is 0 Å². The predicted molar refractivity (Wildman–Crippen MR) is 66.8 cm³/mol. The molecule has 2 N–H and O–H groups in total. The van der Waals surface area contributed by atoms with Gasteiger partial charge in [0.25, 0.3) is 10.0 Å². The summed E-state index contributed by atoms with van der Waals surface area (Å²) in [5.74, 6) is 0.0792. The minimum absolute atomic E-state index is 0.0792. The van der Waals surface area contributed by atoms with E-state index in [0.717, 1.165) is 5.56 Å². The minimum atomic E-state index is -3.69. The molecule has 0 aliphatic carbocycles. The number of nitrogens with one attached hydrogen (secondary N) is 2. The van der Waals surface area contributed by atoms with Crippen LogP contribution in [0.2, 0.25) is 0 Å². The number of aromatic amines is 1. The number of rotatable bonds is 3. The van der Waals surface area contributed by atoms with Crippen molar-refractivity contribution in [3.63, 3.8) is 0 Å². The van der Waals surface area contributed by atoms with Crippen molar-refractivity contribution in [2.75, 3.05) is 4.72 Å². The van der Waals surface area contributed by atoms with E-state index in [1.807, 2.05) is 6.92 Å². The first kappa shape index (κ1) is 12.3. The van der Waals surface area contributed by atoms with Crippen LogP contribution in [0.15, 0.2) is 46.2 Å². The zero-order valence-electron chi connectivity index (χ0n) is 9.54. The van der Waals surface area contributed by atoms with E-state index >= 15 is 0 Å². The van der Waals surface area contributed by atoms with Gasteiger partial charge in [0, 0.05) is 6.20 Å². The van der Waals surface area contributed by atoms with Crippen molar-refractivity contribution < 1.29 is 8.42 Å². The van der Waals surface area contributed by atoms with E-state index in [1.165, 1.54) is 24.4 Å². The van der Waals surface area contributed by atoms with Crippen LogP contribution in [0.4, 0.5) is 5.82 Å². The first-order valence-electron chi connectivity index (χ1n) is 5.12. The van der Waals surface area contributed by atoms with Crippen LogP contribution in [-0.4, -0.2) is 18.4 Å². The summed E-state index contributed by atoms with van der Waals surface area (Å²) in [4.78, 5) is 16.8. The summed E-state index contributed by atoms with van der Waals surface area (Å²) in [7, 11) is -3.69. The maximum atomic E-state index is 12.0. The number of aromatic nitrogens is 2. The van der Waals surface area contributed by atoms with Crippen molar-refractivity contribution in [1.82, 2.24) is 9.97 Å². The fourth-order valence-electron chi connectivity index (χ4n) is 1.35. The van der Waals surface area contributed by atoms with Crippen molar-refractivity contribution >= 4 is 15.8 Å². The number of hydrogen-bond acceptors (Lipinski definition) is 4. The van der Waals surface area contributed by atoms with Gasteiger partial charge in [-0.25, -0.2) is 18.2 Å². The number of nitrogens with zero attached hydrogens (tertiary/aromatic N) is 1. The normalized spacial score (nSPS) is 11.2. The molecule has 0 radical (unpaired) electrons. The Labute approximate surface area is 104 Å². The number of benzene rings is 1. The molecule has 0 amide bonds. The molecule has 0 atom stereocenters. The lowest BCUT2D eigenvalue weighted by Gasteiger charge is -2.07. The van der Waals surface area contributed by atoms with E-state index in [1.54, 1.807) is 12.1 Å². The molecule has 0 aliphatic heterocycles. The second-order valence-electron chi connectivity index (χ2n) is 3.71. The van der Waals surface area contributed by atoms with E-state index in [9.17, 15) is 13.2 Å². The zero-order chi connectivity index (χ0) is 13.2. The molecule has 6 nitrogen and oxygen atoms in total. The monoisotopic (exact) mass is 265 g/mol. The predicted octanol–water partition coefficient (Wildman–Crippen LogP) is 0.879. The highest BCUT2D eigenvalue weighted by molar-refractivity contribution is 7.92. The third-order valence-electron chi connectivity index (χ3n) is 2.25. The second kappa shape index (κ2) is 4.61. The first-order chi connectivity index (χ1) is 8.47. The Balaban J connectivity index is 2.33. The first-order valence-corrected chi connectivity index (χ1v) is 6.60. The number of sulfonamides is 1. The maximum Gasteiger partial charge on any atom is 0.346 e. The Hall–Kier alpha value is -2.15. The molecule has 0 saturated carbocycles. The van der Waals surface area contributed by atoms with Gasteiger partial charge >= 0.3 is 5.69 Å². The lowest BCUT2D eigenvalue weighted by atomic mass is 10.2. The standard InChI is InChI=1S/C11H11N3O3S/c1-8-2-4-9(5-3-8)18(16,17)14-10-6-7-12-11(15)13-10/h2-7H,1H3,(H2,12,13,14,15). The molecule has 94 valence electrons. The molecule has 0 spiro atoms. The quantitative estimate of drug-likeness (QED) is 0.861. The summed E-state index contributed by atoms with van der Waals surface area (Å²) >= 11 is 0.